The van der Waals surface area contributed by atoms with Gasteiger partial charge in [-0.2, -0.15) is 13.2 Å². The molecule has 0 fully saturated rings. The number of halogens is 5. The van der Waals surface area contributed by atoms with Crippen molar-refractivity contribution in [1.29, 1.82) is 0 Å². The summed E-state index contributed by atoms with van der Waals surface area (Å²) in [4.78, 5) is 14.1. The Labute approximate surface area is 163 Å². The maximum atomic E-state index is 13.8. The summed E-state index contributed by atoms with van der Waals surface area (Å²) < 4.78 is 65.8. The highest BCUT2D eigenvalue weighted by Gasteiger charge is 2.30. The minimum absolute atomic E-state index is 0.0363. The topological polar surface area (TPSA) is 41.9 Å². The molecule has 2 aromatic heterocycles. The first-order chi connectivity index (χ1) is 13.8. The fourth-order valence-electron chi connectivity index (χ4n) is 3.27. The normalized spacial score (nSPS) is 14.7. The number of rotatable bonds is 3. The van der Waals surface area contributed by atoms with Crippen molar-refractivity contribution in [2.45, 2.75) is 25.7 Å². The van der Waals surface area contributed by atoms with Gasteiger partial charge >= 0.3 is 6.18 Å². The third kappa shape index (κ3) is 4.09. The minimum Gasteiger partial charge on any atom is -0.294 e. The smallest absolute Gasteiger partial charge is 0.294 e. The van der Waals surface area contributed by atoms with Gasteiger partial charge in [-0.25, -0.2) is 18.7 Å². The highest BCUT2D eigenvalue weighted by molar-refractivity contribution is 5.56. The standard InChI is InChI=1S/C20H15F5N4/c21-16-8-26-9-17(22)15(16)11-29-6-5-18-13(10-29)7-27-19(28-18)12-1-3-14(4-2-12)20(23,24)25/h1-4,7-9H,5-6,10-11H2. The molecular formula is C20H15F5N4. The van der Waals surface area contributed by atoms with E-state index in [-0.39, 0.29) is 12.1 Å². The third-order valence-corrected chi connectivity index (χ3v) is 4.82. The molecule has 4 rings (SSSR count). The molecule has 0 bridgehead atoms. The van der Waals surface area contributed by atoms with Crippen molar-refractivity contribution in [2.24, 2.45) is 0 Å². The van der Waals surface area contributed by atoms with Gasteiger partial charge in [0.2, 0.25) is 0 Å². The van der Waals surface area contributed by atoms with Gasteiger partial charge in [-0.1, -0.05) is 12.1 Å². The summed E-state index contributed by atoms with van der Waals surface area (Å²) >= 11 is 0. The van der Waals surface area contributed by atoms with Crippen molar-refractivity contribution in [2.75, 3.05) is 6.54 Å². The van der Waals surface area contributed by atoms with E-state index in [0.29, 0.717) is 30.9 Å². The van der Waals surface area contributed by atoms with E-state index in [0.717, 1.165) is 35.8 Å². The number of aromatic nitrogens is 3. The first kappa shape index (κ1) is 19.4. The van der Waals surface area contributed by atoms with E-state index in [1.54, 1.807) is 6.20 Å². The summed E-state index contributed by atoms with van der Waals surface area (Å²) in [7, 11) is 0. The molecule has 0 atom stereocenters. The Kier molecular flexibility index (Phi) is 4.99. The van der Waals surface area contributed by atoms with Gasteiger partial charge in [0.25, 0.3) is 0 Å². The molecule has 29 heavy (non-hydrogen) atoms. The maximum absolute atomic E-state index is 13.8. The molecular weight excluding hydrogens is 391 g/mol. The largest absolute Gasteiger partial charge is 0.416 e. The zero-order valence-corrected chi connectivity index (χ0v) is 15.0. The Hall–Kier alpha value is -2.94. The number of pyridine rings is 1. The number of nitrogens with zero attached hydrogens (tertiary/aromatic N) is 4. The van der Waals surface area contributed by atoms with Gasteiger partial charge < -0.3 is 0 Å². The number of hydrogen-bond donors (Lipinski definition) is 0. The van der Waals surface area contributed by atoms with Gasteiger partial charge in [-0.3, -0.25) is 9.88 Å². The van der Waals surface area contributed by atoms with E-state index < -0.39 is 23.4 Å². The van der Waals surface area contributed by atoms with Gasteiger partial charge in [0.15, 0.2) is 5.82 Å². The van der Waals surface area contributed by atoms with E-state index >= 15 is 0 Å². The second kappa shape index (κ2) is 7.47. The van der Waals surface area contributed by atoms with Crippen molar-refractivity contribution in [3.8, 4) is 11.4 Å². The highest BCUT2D eigenvalue weighted by Crippen LogP contribution is 2.30. The van der Waals surface area contributed by atoms with Gasteiger partial charge in [-0.15, -0.1) is 0 Å². The number of fused-ring (bicyclic) bond motifs is 1. The van der Waals surface area contributed by atoms with Gasteiger partial charge in [0.1, 0.15) is 11.6 Å². The van der Waals surface area contributed by atoms with Crippen LogP contribution in [0.4, 0.5) is 22.0 Å². The molecule has 0 saturated carbocycles. The average molecular weight is 406 g/mol. The quantitative estimate of drug-likeness (QED) is 0.605. The lowest BCUT2D eigenvalue weighted by Crippen LogP contribution is -2.31. The Morgan fingerprint density at radius 2 is 1.66 bits per heavy atom. The third-order valence-electron chi connectivity index (χ3n) is 4.82. The Morgan fingerprint density at radius 1 is 0.966 bits per heavy atom. The first-order valence-electron chi connectivity index (χ1n) is 8.84. The molecule has 0 saturated heterocycles. The van der Waals surface area contributed by atoms with E-state index in [4.69, 9.17) is 0 Å². The monoisotopic (exact) mass is 406 g/mol. The predicted octanol–water partition coefficient (Wildman–Crippen LogP) is 4.39. The van der Waals surface area contributed by atoms with E-state index in [1.165, 1.54) is 12.1 Å². The van der Waals surface area contributed by atoms with Crippen molar-refractivity contribution in [1.82, 2.24) is 19.9 Å². The highest BCUT2D eigenvalue weighted by atomic mass is 19.4. The Morgan fingerprint density at radius 3 is 2.31 bits per heavy atom. The molecule has 150 valence electrons. The second-order valence-corrected chi connectivity index (χ2v) is 6.78. The fraction of sp³-hybridized carbons (Fsp3) is 0.250. The zero-order valence-electron chi connectivity index (χ0n) is 15.0. The minimum atomic E-state index is -4.40. The lowest BCUT2D eigenvalue weighted by Gasteiger charge is -2.28. The van der Waals surface area contributed by atoms with Crippen LogP contribution in [-0.4, -0.2) is 26.4 Å². The van der Waals surface area contributed by atoms with Crippen LogP contribution in [0.5, 0.6) is 0 Å². The van der Waals surface area contributed by atoms with Crippen molar-refractivity contribution < 1.29 is 22.0 Å². The molecule has 0 unspecified atom stereocenters. The first-order valence-corrected chi connectivity index (χ1v) is 8.84. The van der Waals surface area contributed by atoms with E-state index in [2.05, 4.69) is 15.0 Å². The molecule has 0 aliphatic carbocycles. The van der Waals surface area contributed by atoms with E-state index in [9.17, 15) is 22.0 Å². The van der Waals surface area contributed by atoms with Crippen LogP contribution >= 0.6 is 0 Å². The van der Waals surface area contributed by atoms with Crippen LogP contribution in [0.3, 0.4) is 0 Å². The summed E-state index contributed by atoms with van der Waals surface area (Å²) in [5.41, 5.74) is 1.32. The van der Waals surface area contributed by atoms with Gasteiger partial charge in [0.05, 0.1) is 23.7 Å². The van der Waals surface area contributed by atoms with Crippen LogP contribution in [0.2, 0.25) is 0 Å². The fourth-order valence-corrected chi connectivity index (χ4v) is 3.27. The molecule has 0 spiro atoms. The molecule has 0 N–H and O–H groups in total. The molecule has 3 aromatic rings. The molecule has 3 heterocycles. The summed E-state index contributed by atoms with van der Waals surface area (Å²) in [6.07, 6.45) is -0.279. The molecule has 4 nitrogen and oxygen atoms in total. The SMILES string of the molecule is Fc1cncc(F)c1CN1CCc2nc(-c3ccc(C(F)(F)F)cc3)ncc2C1. The summed E-state index contributed by atoms with van der Waals surface area (Å²) in [5, 5.41) is 0. The summed E-state index contributed by atoms with van der Waals surface area (Å²) in [6, 6.07) is 4.68. The Bertz CT molecular complexity index is 1010. The maximum Gasteiger partial charge on any atom is 0.416 e. The molecule has 1 aliphatic rings. The van der Waals surface area contributed by atoms with Crippen LogP contribution in [-0.2, 0) is 25.7 Å². The lowest BCUT2D eigenvalue weighted by atomic mass is 10.1. The van der Waals surface area contributed by atoms with E-state index in [1.807, 2.05) is 4.90 Å². The van der Waals surface area contributed by atoms with Crippen LogP contribution in [0.15, 0.2) is 42.9 Å². The second-order valence-electron chi connectivity index (χ2n) is 6.78. The van der Waals surface area contributed by atoms with Crippen LogP contribution in [0.1, 0.15) is 22.4 Å². The molecule has 9 heteroatoms. The summed E-state index contributed by atoms with van der Waals surface area (Å²) in [5.74, 6) is -1.04. The molecule has 1 aromatic carbocycles. The van der Waals surface area contributed by atoms with Crippen LogP contribution in [0, 0.1) is 11.6 Å². The number of hydrogen-bond acceptors (Lipinski definition) is 4. The van der Waals surface area contributed by atoms with Gasteiger partial charge in [-0.05, 0) is 12.1 Å². The van der Waals surface area contributed by atoms with Crippen molar-refractivity contribution >= 4 is 0 Å². The zero-order chi connectivity index (χ0) is 20.6. The molecule has 1 aliphatic heterocycles. The van der Waals surface area contributed by atoms with Crippen molar-refractivity contribution in [3.63, 3.8) is 0 Å². The van der Waals surface area contributed by atoms with Gasteiger partial charge in [0, 0.05) is 48.9 Å². The average Bonchev–Trinajstić information content (AvgIpc) is 2.70. The number of alkyl halides is 3. The molecule has 0 radical (unpaired) electrons. The number of benzene rings is 1. The lowest BCUT2D eigenvalue weighted by molar-refractivity contribution is -0.137. The predicted molar refractivity (Wildman–Crippen MR) is 94.4 cm³/mol. The molecule has 0 amide bonds. The van der Waals surface area contributed by atoms with Crippen LogP contribution < -0.4 is 0 Å². The Balaban J connectivity index is 1.51. The van der Waals surface area contributed by atoms with Crippen molar-refractivity contribution in [3.05, 3.63) is 76.9 Å². The van der Waals surface area contributed by atoms with Crippen LogP contribution in [0.25, 0.3) is 11.4 Å². The summed E-state index contributed by atoms with van der Waals surface area (Å²) in [6.45, 7) is 1.06.